The van der Waals surface area contributed by atoms with Crippen LogP contribution in [-0.4, -0.2) is 19.9 Å². The molecule has 3 aromatic heterocycles. The Balaban J connectivity index is 0.820. The lowest BCUT2D eigenvalue weighted by atomic mass is 9.88. The van der Waals surface area contributed by atoms with Gasteiger partial charge >= 0.3 is 0 Å². The van der Waals surface area contributed by atoms with Gasteiger partial charge in [0, 0.05) is 54.7 Å². The molecule has 404 valence electrons. The van der Waals surface area contributed by atoms with E-state index >= 15 is 0 Å². The molecule has 2 aliphatic carbocycles. The van der Waals surface area contributed by atoms with E-state index < -0.39 is 0 Å². The van der Waals surface area contributed by atoms with E-state index in [1.54, 1.807) is 0 Å². The molecule has 20 rings (SSSR count). The second-order valence-electron chi connectivity index (χ2n) is 23.4. The maximum Gasteiger partial charge on any atom is 0.227 e. The summed E-state index contributed by atoms with van der Waals surface area (Å²) in [5.41, 5.74) is 22.8. The molecule has 88 heavy (non-hydrogen) atoms. The standard InChI is InChI=1S/C82H44N4O2/c1-3-17-53-51(15-1)61-28-13-27-60-50(39-41-64(53)72(60)61)49-43-70(59-40-42-65-54-18-4-2-16-52(54)62-29-14-30-63(59)73(62)65)75-71(44-49)74(45-31-35-47(36-32-45)81-85-76-66-23-9-5-19-55(66)57-21-7-11-25-68(57)78(76)87-81)83-80(84-75)46-33-37-48(38-34-46)82-86-77-67-24-10-6-20-56(67)58-22-8-12-26-69(58)79(77)88-82/h1-44H. The van der Waals surface area contributed by atoms with Gasteiger partial charge in [-0.15, -0.1) is 0 Å². The maximum absolute atomic E-state index is 6.80. The first-order valence-corrected chi connectivity index (χ1v) is 29.9. The first kappa shape index (κ1) is 47.5. The highest BCUT2D eigenvalue weighted by Crippen LogP contribution is 2.53. The van der Waals surface area contributed by atoms with Gasteiger partial charge < -0.3 is 8.83 Å². The number of benzene rings is 15. The monoisotopic (exact) mass is 1120 g/mol. The maximum atomic E-state index is 6.80. The van der Waals surface area contributed by atoms with Crippen molar-refractivity contribution in [3.05, 3.63) is 267 Å². The lowest BCUT2D eigenvalue weighted by Gasteiger charge is -2.18. The molecule has 15 aromatic carbocycles. The van der Waals surface area contributed by atoms with Crippen molar-refractivity contribution < 1.29 is 8.83 Å². The summed E-state index contributed by atoms with van der Waals surface area (Å²) < 4.78 is 13.5. The van der Waals surface area contributed by atoms with E-state index in [4.69, 9.17) is 28.8 Å². The highest BCUT2D eigenvalue weighted by Gasteiger charge is 2.28. The predicted molar refractivity (Wildman–Crippen MR) is 361 cm³/mol. The fourth-order valence-corrected chi connectivity index (χ4v) is 14.9. The van der Waals surface area contributed by atoms with Crippen molar-refractivity contribution in [1.29, 1.82) is 0 Å². The number of fused-ring (bicyclic) bond motifs is 19. The molecular formula is C82H44N4O2. The van der Waals surface area contributed by atoms with Crippen LogP contribution in [0.25, 0.3) is 210 Å². The van der Waals surface area contributed by atoms with Crippen LogP contribution in [0.2, 0.25) is 0 Å². The predicted octanol–water partition coefficient (Wildman–Crippen LogP) is 22.1. The molecule has 0 aliphatic heterocycles. The highest BCUT2D eigenvalue weighted by atomic mass is 16.4. The Morgan fingerprint density at radius 3 is 1.09 bits per heavy atom. The summed E-state index contributed by atoms with van der Waals surface area (Å²) in [4.78, 5) is 21.9. The van der Waals surface area contributed by atoms with Crippen molar-refractivity contribution in [3.8, 4) is 112 Å². The van der Waals surface area contributed by atoms with E-state index in [1.807, 2.05) is 0 Å². The summed E-state index contributed by atoms with van der Waals surface area (Å²) >= 11 is 0. The molecule has 0 saturated heterocycles. The van der Waals surface area contributed by atoms with Crippen LogP contribution in [0.4, 0.5) is 0 Å². The summed E-state index contributed by atoms with van der Waals surface area (Å²) in [5.74, 6) is 1.71. The number of nitrogens with zero attached hydrogens (tertiary/aromatic N) is 4. The molecule has 6 heteroatoms. The van der Waals surface area contributed by atoms with Crippen molar-refractivity contribution in [3.63, 3.8) is 0 Å². The van der Waals surface area contributed by atoms with Crippen LogP contribution >= 0.6 is 0 Å². The summed E-state index contributed by atoms with van der Waals surface area (Å²) in [6.45, 7) is 0. The second kappa shape index (κ2) is 17.8. The minimum atomic E-state index is 0.555. The molecule has 0 unspecified atom stereocenters. The molecule has 2 aliphatic rings. The number of hydrogen-bond donors (Lipinski definition) is 0. The van der Waals surface area contributed by atoms with Gasteiger partial charge in [-0.3, -0.25) is 0 Å². The van der Waals surface area contributed by atoms with Crippen molar-refractivity contribution in [1.82, 2.24) is 19.9 Å². The average molecular weight is 1120 g/mol. The van der Waals surface area contributed by atoms with Crippen LogP contribution in [0.3, 0.4) is 0 Å². The number of rotatable bonds is 6. The van der Waals surface area contributed by atoms with Gasteiger partial charge in [0.1, 0.15) is 11.0 Å². The third kappa shape index (κ3) is 6.65. The average Bonchev–Trinajstić information content (AvgIpc) is 1.69. The third-order valence-electron chi connectivity index (χ3n) is 18.8. The zero-order valence-electron chi connectivity index (χ0n) is 47.0. The summed E-state index contributed by atoms with van der Waals surface area (Å²) in [6, 6.07) is 95.7. The van der Waals surface area contributed by atoms with Gasteiger partial charge in [0.15, 0.2) is 17.0 Å². The quantitative estimate of drug-likeness (QED) is 0.154. The summed E-state index contributed by atoms with van der Waals surface area (Å²) in [6.07, 6.45) is 0. The zero-order chi connectivity index (χ0) is 57.3. The summed E-state index contributed by atoms with van der Waals surface area (Å²) in [7, 11) is 0. The minimum absolute atomic E-state index is 0.555. The van der Waals surface area contributed by atoms with E-state index in [1.165, 1.54) is 66.1 Å². The van der Waals surface area contributed by atoms with E-state index in [0.717, 1.165) is 126 Å². The van der Waals surface area contributed by atoms with Gasteiger partial charge in [0.05, 0.1) is 11.2 Å². The Morgan fingerprint density at radius 1 is 0.205 bits per heavy atom. The van der Waals surface area contributed by atoms with Gasteiger partial charge in [-0.2, -0.15) is 0 Å². The molecular weight excluding hydrogens is 1070 g/mol. The first-order valence-electron chi connectivity index (χ1n) is 29.9. The fraction of sp³-hybridized carbons (Fsp3) is 0. The first-order chi connectivity index (χ1) is 43.6. The van der Waals surface area contributed by atoms with Crippen LogP contribution in [-0.2, 0) is 0 Å². The molecule has 0 spiro atoms. The summed E-state index contributed by atoms with van der Waals surface area (Å²) in [5, 5.41) is 14.6. The van der Waals surface area contributed by atoms with Crippen LogP contribution in [0.1, 0.15) is 0 Å². The van der Waals surface area contributed by atoms with Crippen LogP contribution in [0.15, 0.2) is 276 Å². The normalized spacial score (nSPS) is 12.3. The Labute approximate surface area is 502 Å². The van der Waals surface area contributed by atoms with Gasteiger partial charge in [0.25, 0.3) is 0 Å². The Bertz CT molecular complexity index is 5910. The zero-order valence-corrected chi connectivity index (χ0v) is 47.0. The molecule has 6 nitrogen and oxygen atoms in total. The van der Waals surface area contributed by atoms with Gasteiger partial charge in [-0.25, -0.2) is 19.9 Å². The Hall–Kier alpha value is -11.9. The van der Waals surface area contributed by atoms with Crippen molar-refractivity contribution in [2.75, 3.05) is 0 Å². The van der Waals surface area contributed by atoms with E-state index in [0.29, 0.717) is 17.6 Å². The van der Waals surface area contributed by atoms with Gasteiger partial charge in [-0.1, -0.05) is 231 Å². The second-order valence-corrected chi connectivity index (χ2v) is 23.4. The SMILES string of the molecule is c1ccc2c(c1)-c1cccc3c(-c4cc(-c5ccc6c7c(cccc57)-c5ccccc5-6)c5nc(-c6ccc(-c7nc8c9ccccc9c9ccccc9c8o7)cc6)nc(-c6ccc(-c7nc8c9ccccc9c9ccccc9c8o7)cc6)c5c4)ccc-2c13. The topological polar surface area (TPSA) is 77.8 Å². The molecule has 0 fully saturated rings. The van der Waals surface area contributed by atoms with E-state index in [9.17, 15) is 0 Å². The van der Waals surface area contributed by atoms with Crippen LogP contribution < -0.4 is 0 Å². The molecule has 0 saturated carbocycles. The van der Waals surface area contributed by atoms with Crippen molar-refractivity contribution >= 4 is 97.7 Å². The van der Waals surface area contributed by atoms with Gasteiger partial charge in [-0.05, 0) is 141 Å². The fourth-order valence-electron chi connectivity index (χ4n) is 14.9. The van der Waals surface area contributed by atoms with Gasteiger partial charge in [0.2, 0.25) is 11.8 Å². The lowest BCUT2D eigenvalue weighted by molar-refractivity contribution is 0.622. The molecule has 3 heterocycles. The van der Waals surface area contributed by atoms with Crippen molar-refractivity contribution in [2.45, 2.75) is 0 Å². The molecule has 18 aromatic rings. The minimum Gasteiger partial charge on any atom is -0.435 e. The third-order valence-corrected chi connectivity index (χ3v) is 18.8. The Kier molecular flexibility index (Phi) is 9.63. The highest BCUT2D eigenvalue weighted by molar-refractivity contribution is 6.26. The molecule has 0 atom stereocenters. The van der Waals surface area contributed by atoms with E-state index in [-0.39, 0.29) is 0 Å². The number of oxazole rings is 2. The number of hydrogen-bond acceptors (Lipinski definition) is 6. The lowest BCUT2D eigenvalue weighted by Crippen LogP contribution is -1.98. The van der Waals surface area contributed by atoms with Crippen LogP contribution in [0, 0.1) is 0 Å². The number of aromatic nitrogens is 4. The molecule has 0 bridgehead atoms. The Morgan fingerprint density at radius 2 is 0.580 bits per heavy atom. The molecule has 0 amide bonds. The van der Waals surface area contributed by atoms with E-state index in [2.05, 4.69) is 267 Å². The van der Waals surface area contributed by atoms with Crippen LogP contribution in [0.5, 0.6) is 0 Å². The van der Waals surface area contributed by atoms with Crippen molar-refractivity contribution in [2.24, 2.45) is 0 Å². The largest absolute Gasteiger partial charge is 0.435 e. The molecule has 0 N–H and O–H groups in total. The smallest absolute Gasteiger partial charge is 0.227 e. The molecule has 0 radical (unpaired) electrons.